The normalized spacial score (nSPS) is 10.0. The molecule has 78 valence electrons. The SMILES string of the molecule is [C-]#[N+]c1nc([O][Al])n(-c2nc(CC)co2)n1. The second kappa shape index (κ2) is 4.35. The van der Waals surface area contributed by atoms with E-state index in [1.807, 2.05) is 23.5 Å². The van der Waals surface area contributed by atoms with Crippen LogP contribution in [-0.4, -0.2) is 36.4 Å². The molecular formula is C8H6AlN5O2. The highest BCUT2D eigenvalue weighted by Gasteiger charge is 2.19. The third kappa shape index (κ3) is 1.79. The van der Waals surface area contributed by atoms with E-state index < -0.39 is 0 Å². The van der Waals surface area contributed by atoms with Crippen molar-refractivity contribution in [1.29, 1.82) is 0 Å². The van der Waals surface area contributed by atoms with Crippen molar-refractivity contribution in [3.05, 3.63) is 23.4 Å². The van der Waals surface area contributed by atoms with Crippen molar-refractivity contribution in [2.45, 2.75) is 13.3 Å². The van der Waals surface area contributed by atoms with Crippen molar-refractivity contribution in [3.8, 4) is 12.0 Å². The molecule has 2 rings (SSSR count). The molecule has 2 aromatic rings. The lowest BCUT2D eigenvalue weighted by molar-refractivity contribution is 0.464. The van der Waals surface area contributed by atoms with E-state index in [2.05, 4.69) is 19.9 Å². The van der Waals surface area contributed by atoms with Gasteiger partial charge in [0.2, 0.25) is 0 Å². The average molecular weight is 231 g/mol. The predicted octanol–water partition coefficient (Wildman–Crippen LogP) is 0.831. The van der Waals surface area contributed by atoms with Gasteiger partial charge in [0.25, 0.3) is 0 Å². The topological polar surface area (TPSA) is 70.3 Å². The summed E-state index contributed by atoms with van der Waals surface area (Å²) in [5, 5.41) is 3.87. The molecule has 8 heteroatoms. The summed E-state index contributed by atoms with van der Waals surface area (Å²) in [5.74, 6) is -0.0197. The number of hydrogen-bond donors (Lipinski definition) is 0. The van der Waals surface area contributed by atoms with Crippen LogP contribution in [0.25, 0.3) is 10.9 Å². The van der Waals surface area contributed by atoms with E-state index in [9.17, 15) is 0 Å². The van der Waals surface area contributed by atoms with Crippen molar-refractivity contribution in [1.82, 2.24) is 19.7 Å². The van der Waals surface area contributed by atoms with E-state index in [1.54, 1.807) is 0 Å². The Morgan fingerprint density at radius 1 is 1.62 bits per heavy atom. The molecule has 0 aliphatic heterocycles. The van der Waals surface area contributed by atoms with Gasteiger partial charge in [0, 0.05) is 0 Å². The first-order chi connectivity index (χ1) is 7.78. The fourth-order valence-corrected chi connectivity index (χ4v) is 1.24. The van der Waals surface area contributed by atoms with Gasteiger partial charge >= 0.3 is 34.6 Å². The average Bonchev–Trinajstić information content (AvgIpc) is 2.94. The lowest BCUT2D eigenvalue weighted by Gasteiger charge is -1.95. The molecule has 16 heavy (non-hydrogen) atoms. The molecule has 0 unspecified atom stereocenters. The van der Waals surface area contributed by atoms with Gasteiger partial charge < -0.3 is 13.1 Å². The van der Waals surface area contributed by atoms with Crippen LogP contribution >= 0.6 is 0 Å². The van der Waals surface area contributed by atoms with Crippen molar-refractivity contribution < 1.29 is 8.21 Å². The Morgan fingerprint density at radius 2 is 2.44 bits per heavy atom. The first-order valence-corrected chi connectivity index (χ1v) is 4.91. The van der Waals surface area contributed by atoms with Crippen molar-refractivity contribution in [3.63, 3.8) is 0 Å². The van der Waals surface area contributed by atoms with E-state index in [0.29, 0.717) is 0 Å². The van der Waals surface area contributed by atoms with E-state index in [1.165, 1.54) is 10.9 Å². The molecule has 0 amide bonds. The number of aromatic nitrogens is 4. The second-order valence-corrected chi connectivity index (χ2v) is 3.05. The van der Waals surface area contributed by atoms with E-state index in [4.69, 9.17) is 14.8 Å². The zero-order valence-corrected chi connectivity index (χ0v) is 9.57. The summed E-state index contributed by atoms with van der Waals surface area (Å²) < 4.78 is 11.3. The maximum Gasteiger partial charge on any atom is 0.487 e. The van der Waals surface area contributed by atoms with Crippen LogP contribution in [0, 0.1) is 6.57 Å². The molecule has 0 fully saturated rings. The summed E-state index contributed by atoms with van der Waals surface area (Å²) in [6.45, 7) is 8.76. The van der Waals surface area contributed by atoms with Crippen LogP contribution in [0.2, 0.25) is 0 Å². The molecule has 0 saturated heterocycles. The number of aryl methyl sites for hydroxylation is 1. The summed E-state index contributed by atoms with van der Waals surface area (Å²) in [7, 11) is 0. The zero-order chi connectivity index (χ0) is 11.5. The highest BCUT2D eigenvalue weighted by atomic mass is 27.1. The van der Waals surface area contributed by atoms with Crippen molar-refractivity contribution >= 4 is 22.6 Å². The van der Waals surface area contributed by atoms with Crippen LogP contribution in [0.4, 0.5) is 5.95 Å². The molecule has 2 radical (unpaired) electrons. The summed E-state index contributed by atoms with van der Waals surface area (Å²) >= 11 is 2.04. The highest BCUT2D eigenvalue weighted by molar-refractivity contribution is 5.99. The number of rotatable bonds is 3. The van der Waals surface area contributed by atoms with E-state index in [-0.39, 0.29) is 18.0 Å². The Labute approximate surface area is 99.6 Å². The maximum absolute atomic E-state index is 6.81. The largest absolute Gasteiger partial charge is 0.614 e. The molecule has 0 bridgehead atoms. The van der Waals surface area contributed by atoms with Crippen LogP contribution in [0.1, 0.15) is 12.6 Å². The Morgan fingerprint density at radius 3 is 3.00 bits per heavy atom. The zero-order valence-electron chi connectivity index (χ0n) is 8.41. The Kier molecular flexibility index (Phi) is 2.91. The molecule has 0 aromatic carbocycles. The van der Waals surface area contributed by atoms with Gasteiger partial charge in [-0.3, -0.25) is 0 Å². The van der Waals surface area contributed by atoms with Gasteiger partial charge in [-0.05, 0) is 11.5 Å². The summed E-state index contributed by atoms with van der Waals surface area (Å²) in [6, 6.07) is 0.372. The lowest BCUT2D eigenvalue weighted by atomic mass is 10.4. The van der Waals surface area contributed by atoms with Crippen LogP contribution in [-0.2, 0) is 6.42 Å². The Balaban J connectivity index is 2.46. The molecule has 2 heterocycles. The molecule has 2 aromatic heterocycles. The monoisotopic (exact) mass is 231 g/mol. The minimum atomic E-state index is -0.0197. The van der Waals surface area contributed by atoms with Crippen LogP contribution < -0.4 is 3.79 Å². The Bertz CT molecular complexity index is 541. The molecule has 7 nitrogen and oxygen atoms in total. The smallest absolute Gasteiger partial charge is 0.487 e. The predicted molar refractivity (Wildman–Crippen MR) is 53.4 cm³/mol. The van der Waals surface area contributed by atoms with E-state index >= 15 is 0 Å². The van der Waals surface area contributed by atoms with Gasteiger partial charge in [0.05, 0.1) is 5.69 Å². The first kappa shape index (κ1) is 10.7. The third-order valence-corrected chi connectivity index (χ3v) is 2.07. The van der Waals surface area contributed by atoms with Gasteiger partial charge in [0.1, 0.15) is 6.26 Å². The summed E-state index contributed by atoms with van der Waals surface area (Å²) in [5.41, 5.74) is 0.796. The maximum atomic E-state index is 6.81. The van der Waals surface area contributed by atoms with Crippen LogP contribution in [0.3, 0.4) is 0 Å². The van der Waals surface area contributed by atoms with Gasteiger partial charge in [-0.1, -0.05) is 16.6 Å². The first-order valence-electron chi connectivity index (χ1n) is 4.44. The Hall–Kier alpha value is -1.83. The van der Waals surface area contributed by atoms with Gasteiger partial charge in [-0.2, -0.15) is 4.98 Å². The van der Waals surface area contributed by atoms with Crippen LogP contribution in [0.5, 0.6) is 6.01 Å². The van der Waals surface area contributed by atoms with Crippen molar-refractivity contribution in [2.75, 3.05) is 0 Å². The number of nitrogens with zero attached hydrogens (tertiary/aromatic N) is 5. The van der Waals surface area contributed by atoms with E-state index in [0.717, 1.165) is 12.1 Å². The molecule has 0 N–H and O–H groups in total. The summed E-state index contributed by atoms with van der Waals surface area (Å²) in [6.07, 6.45) is 2.28. The summed E-state index contributed by atoms with van der Waals surface area (Å²) in [4.78, 5) is 11.1. The highest BCUT2D eigenvalue weighted by Crippen LogP contribution is 2.18. The minimum Gasteiger partial charge on any atom is -0.614 e. The molecule has 0 atom stereocenters. The fourth-order valence-electron chi connectivity index (χ4n) is 1.09. The lowest BCUT2D eigenvalue weighted by Crippen LogP contribution is -2.01. The standard InChI is InChI=1S/C8H7N5O2.Al/c1-3-5-4-15-8(10-5)13-7(14)11-6(9-2)12-13;/h4H,3H2,1H3,(H,11,12,14);/q;+1/p-1. The van der Waals surface area contributed by atoms with Crippen molar-refractivity contribution in [2.24, 2.45) is 0 Å². The molecule has 0 saturated carbocycles. The quantitative estimate of drug-likeness (QED) is 0.578. The van der Waals surface area contributed by atoms with Crippen LogP contribution in [0.15, 0.2) is 10.7 Å². The van der Waals surface area contributed by atoms with Gasteiger partial charge in [0.15, 0.2) is 0 Å². The molecular weight excluding hydrogens is 225 g/mol. The van der Waals surface area contributed by atoms with Gasteiger partial charge in [-0.15, -0.1) is 6.57 Å². The second-order valence-electron chi connectivity index (χ2n) is 2.81. The van der Waals surface area contributed by atoms with Gasteiger partial charge in [-0.25, -0.2) is 0 Å². The molecule has 0 spiro atoms. The minimum absolute atomic E-state index is 0.0197. The molecule has 0 aliphatic carbocycles. The number of oxazole rings is 1. The number of hydrogen-bond acceptors (Lipinski definition) is 5. The molecule has 0 aliphatic rings. The third-order valence-electron chi connectivity index (χ3n) is 1.85. The fraction of sp³-hybridized carbons (Fsp3) is 0.250.